The van der Waals surface area contributed by atoms with Gasteiger partial charge in [0.15, 0.2) is 0 Å². The summed E-state index contributed by atoms with van der Waals surface area (Å²) >= 11 is 0. The molecule has 2 aromatic rings. The highest BCUT2D eigenvalue weighted by molar-refractivity contribution is 6.08. The first-order valence-electron chi connectivity index (χ1n) is 11.3. The first kappa shape index (κ1) is 20.6. The second-order valence-electron chi connectivity index (χ2n) is 8.98. The largest absolute Gasteiger partial charge is 0.507 e. The first-order chi connectivity index (χ1) is 15.5. The van der Waals surface area contributed by atoms with Gasteiger partial charge in [-0.3, -0.25) is 0 Å². The summed E-state index contributed by atoms with van der Waals surface area (Å²) in [7, 11) is 0. The summed E-state index contributed by atoms with van der Waals surface area (Å²) in [5.41, 5.74) is 2.41. The molecule has 6 heteroatoms. The number of anilines is 1. The zero-order chi connectivity index (χ0) is 22.3. The van der Waals surface area contributed by atoms with Crippen molar-refractivity contribution in [3.63, 3.8) is 0 Å². The highest BCUT2D eigenvalue weighted by Crippen LogP contribution is 2.53. The number of nitrogens with zero attached hydrogens (tertiary/aromatic N) is 1. The molecule has 0 amide bonds. The summed E-state index contributed by atoms with van der Waals surface area (Å²) in [6.45, 7) is 2.69. The van der Waals surface area contributed by atoms with Gasteiger partial charge in [0, 0.05) is 36.7 Å². The van der Waals surface area contributed by atoms with Crippen molar-refractivity contribution in [2.24, 2.45) is 0 Å². The second-order valence-corrected chi connectivity index (χ2v) is 8.98. The normalized spacial score (nSPS) is 22.4. The number of aromatic hydroxyl groups is 1. The lowest BCUT2D eigenvalue weighted by molar-refractivity contribution is -0.159. The average Bonchev–Trinajstić information content (AvgIpc) is 3.15. The van der Waals surface area contributed by atoms with Crippen LogP contribution in [0.4, 0.5) is 5.69 Å². The maximum atomic E-state index is 12.8. The van der Waals surface area contributed by atoms with Gasteiger partial charge in [-0.2, -0.15) is 0 Å². The molecule has 1 N–H and O–H groups in total. The number of carbonyl (C=O) groups is 2. The highest BCUT2D eigenvalue weighted by atomic mass is 16.6. The summed E-state index contributed by atoms with van der Waals surface area (Å²) in [6.07, 6.45) is 5.99. The van der Waals surface area contributed by atoms with E-state index in [2.05, 4.69) is 12.1 Å². The smallest absolute Gasteiger partial charge is 0.340 e. The van der Waals surface area contributed by atoms with Crippen molar-refractivity contribution < 1.29 is 24.2 Å². The van der Waals surface area contributed by atoms with Gasteiger partial charge >= 0.3 is 11.9 Å². The van der Waals surface area contributed by atoms with E-state index in [1.54, 1.807) is 6.07 Å². The number of fused-ring (bicyclic) bond motifs is 4. The van der Waals surface area contributed by atoms with Gasteiger partial charge in [0.05, 0.1) is 11.8 Å². The molecule has 32 heavy (non-hydrogen) atoms. The van der Waals surface area contributed by atoms with Gasteiger partial charge in [-0.15, -0.1) is 0 Å². The fourth-order valence-corrected chi connectivity index (χ4v) is 5.31. The molecule has 1 fully saturated rings. The van der Waals surface area contributed by atoms with E-state index in [0.29, 0.717) is 36.3 Å². The Labute approximate surface area is 187 Å². The zero-order valence-corrected chi connectivity index (χ0v) is 18.2. The fourth-order valence-electron chi connectivity index (χ4n) is 5.31. The summed E-state index contributed by atoms with van der Waals surface area (Å²) in [5, 5.41) is 10.9. The third-order valence-corrected chi connectivity index (χ3v) is 6.78. The lowest BCUT2D eigenvalue weighted by Gasteiger charge is -2.42. The zero-order valence-electron chi connectivity index (χ0n) is 18.2. The second kappa shape index (κ2) is 8.01. The minimum atomic E-state index is -0.878. The highest BCUT2D eigenvalue weighted by Gasteiger charge is 2.55. The van der Waals surface area contributed by atoms with Gasteiger partial charge in [0.2, 0.25) is 0 Å². The Morgan fingerprint density at radius 3 is 2.84 bits per heavy atom. The quantitative estimate of drug-likeness (QED) is 0.538. The molecule has 1 spiro atoms. The Morgan fingerprint density at radius 2 is 2.03 bits per heavy atom. The monoisotopic (exact) mass is 433 g/mol. The number of phenols is 1. The lowest BCUT2D eigenvalue weighted by atomic mass is 9.80. The SMILES string of the molecule is C[C@H](CCCc1ccccc1)Oc1cc(O)c2c(c1)N1CCC[C@@]13CC2=CC(=O)OC3=O. The van der Waals surface area contributed by atoms with Crippen LogP contribution in [0, 0.1) is 0 Å². The van der Waals surface area contributed by atoms with Crippen LogP contribution < -0.4 is 9.64 Å². The Hall–Kier alpha value is -3.28. The molecule has 2 aromatic carbocycles. The average molecular weight is 434 g/mol. The molecule has 0 saturated carbocycles. The van der Waals surface area contributed by atoms with Crippen LogP contribution in [0.25, 0.3) is 5.57 Å². The number of hydrogen-bond acceptors (Lipinski definition) is 6. The van der Waals surface area contributed by atoms with Gasteiger partial charge in [-0.25, -0.2) is 9.59 Å². The van der Waals surface area contributed by atoms with Gasteiger partial charge in [-0.05, 0) is 50.2 Å². The number of benzene rings is 2. The van der Waals surface area contributed by atoms with E-state index >= 15 is 0 Å². The number of aryl methyl sites for hydroxylation is 1. The van der Waals surface area contributed by atoms with E-state index in [0.717, 1.165) is 31.4 Å². The van der Waals surface area contributed by atoms with Crippen LogP contribution >= 0.6 is 0 Å². The number of rotatable bonds is 6. The minimum absolute atomic E-state index is 0.0275. The molecule has 2 bridgehead atoms. The Kier molecular flexibility index (Phi) is 5.16. The van der Waals surface area contributed by atoms with Crippen LogP contribution in [0.2, 0.25) is 0 Å². The molecule has 0 unspecified atom stereocenters. The number of hydrogen-bond donors (Lipinski definition) is 1. The summed E-state index contributed by atoms with van der Waals surface area (Å²) < 4.78 is 11.2. The van der Waals surface area contributed by atoms with Crippen LogP contribution in [0.15, 0.2) is 48.5 Å². The number of cyclic esters (lactones) is 2. The van der Waals surface area contributed by atoms with E-state index in [4.69, 9.17) is 9.47 Å². The first-order valence-corrected chi connectivity index (χ1v) is 11.3. The number of carbonyl (C=O) groups excluding carboxylic acids is 2. The molecule has 166 valence electrons. The summed E-state index contributed by atoms with van der Waals surface area (Å²) in [6, 6.07) is 13.9. The molecule has 5 rings (SSSR count). The molecule has 0 radical (unpaired) electrons. The van der Waals surface area contributed by atoms with Gasteiger partial charge in [-0.1, -0.05) is 30.3 Å². The number of phenolic OH excluding ortho intramolecular Hbond substituents is 1. The van der Waals surface area contributed by atoms with E-state index in [9.17, 15) is 14.7 Å². The summed E-state index contributed by atoms with van der Waals surface area (Å²) in [5.74, 6) is -0.553. The van der Waals surface area contributed by atoms with Crippen molar-refractivity contribution >= 4 is 23.2 Å². The fraction of sp³-hybridized carbons (Fsp3) is 0.385. The molecule has 3 heterocycles. The predicted molar refractivity (Wildman–Crippen MR) is 121 cm³/mol. The van der Waals surface area contributed by atoms with Crippen molar-refractivity contribution in [2.75, 3.05) is 11.4 Å². The van der Waals surface area contributed by atoms with Gasteiger partial charge in [0.1, 0.15) is 17.0 Å². The Bertz CT molecular complexity index is 1090. The number of esters is 2. The van der Waals surface area contributed by atoms with Gasteiger partial charge < -0.3 is 19.5 Å². The maximum absolute atomic E-state index is 12.8. The minimum Gasteiger partial charge on any atom is -0.507 e. The van der Waals surface area contributed by atoms with Crippen molar-refractivity contribution in [2.45, 2.75) is 57.1 Å². The van der Waals surface area contributed by atoms with Crippen molar-refractivity contribution in [3.8, 4) is 11.5 Å². The van der Waals surface area contributed by atoms with E-state index in [-0.39, 0.29) is 11.9 Å². The maximum Gasteiger partial charge on any atom is 0.340 e. The standard InChI is InChI=1S/C26H27NO5/c1-17(7-5-10-18-8-3-2-4-9-18)31-20-14-21-24(22(28)15-20)19-13-23(29)32-25(30)26(16-19)11-6-12-27(21)26/h2-4,8-9,13-15,17,28H,5-7,10-12,16H2,1H3/t17-,26+/m1/s1. The molecule has 1 saturated heterocycles. The Morgan fingerprint density at radius 1 is 1.22 bits per heavy atom. The van der Waals surface area contributed by atoms with Crippen LogP contribution in [-0.4, -0.2) is 35.2 Å². The summed E-state index contributed by atoms with van der Waals surface area (Å²) in [4.78, 5) is 26.9. The Balaban J connectivity index is 1.38. The van der Waals surface area contributed by atoms with Gasteiger partial charge in [0.25, 0.3) is 0 Å². The molecule has 3 aliphatic heterocycles. The topological polar surface area (TPSA) is 76.1 Å². The molecular formula is C26H27NO5. The van der Waals surface area contributed by atoms with Crippen LogP contribution in [0.3, 0.4) is 0 Å². The van der Waals surface area contributed by atoms with E-state index in [1.807, 2.05) is 36.1 Å². The number of ether oxygens (including phenoxy) is 2. The van der Waals surface area contributed by atoms with Crippen LogP contribution in [0.5, 0.6) is 11.5 Å². The van der Waals surface area contributed by atoms with Crippen molar-refractivity contribution in [1.82, 2.24) is 0 Å². The molecule has 0 aliphatic carbocycles. The van der Waals surface area contributed by atoms with Crippen LogP contribution in [-0.2, 0) is 20.7 Å². The van der Waals surface area contributed by atoms with Crippen molar-refractivity contribution in [3.05, 3.63) is 59.7 Å². The third-order valence-electron chi connectivity index (χ3n) is 6.78. The third kappa shape index (κ3) is 3.53. The van der Waals surface area contributed by atoms with Crippen molar-refractivity contribution in [1.29, 1.82) is 0 Å². The molecule has 2 atom stereocenters. The van der Waals surface area contributed by atoms with E-state index in [1.165, 1.54) is 11.6 Å². The predicted octanol–water partition coefficient (Wildman–Crippen LogP) is 4.39. The molecule has 0 aromatic heterocycles. The molecule has 3 aliphatic rings. The van der Waals surface area contributed by atoms with Crippen LogP contribution in [0.1, 0.15) is 50.2 Å². The molecule has 6 nitrogen and oxygen atoms in total. The van der Waals surface area contributed by atoms with E-state index < -0.39 is 17.5 Å². The molecular weight excluding hydrogens is 406 g/mol. The lowest BCUT2D eigenvalue weighted by Crippen LogP contribution is -2.53.